The molecule has 0 aromatic heterocycles. The Morgan fingerprint density at radius 2 is 1.83 bits per heavy atom. The number of benzene rings is 2. The number of anilines is 2. The molecule has 1 aliphatic heterocycles. The molecule has 160 valence electrons. The molecule has 0 radical (unpaired) electrons. The van der Waals surface area contributed by atoms with Crippen LogP contribution in [0.3, 0.4) is 0 Å². The fraction of sp³-hybridized carbons (Fsp3) is 0.391. The number of rotatable bonds is 4. The number of para-hydroxylation sites is 1. The summed E-state index contributed by atoms with van der Waals surface area (Å²) in [5.74, 6) is 0.511. The molecule has 0 saturated heterocycles. The van der Waals surface area contributed by atoms with Gasteiger partial charge in [0, 0.05) is 36.9 Å². The molecule has 0 bridgehead atoms. The molecule has 2 atom stereocenters. The van der Waals surface area contributed by atoms with Crippen LogP contribution in [0.2, 0.25) is 0 Å². The lowest BCUT2D eigenvalue weighted by molar-refractivity contribution is -0.133. The van der Waals surface area contributed by atoms with E-state index in [1.165, 1.54) is 0 Å². The van der Waals surface area contributed by atoms with E-state index < -0.39 is 0 Å². The number of nitrogens with two attached hydrogens (primary N) is 1. The molecule has 3 amide bonds. The van der Waals surface area contributed by atoms with Gasteiger partial charge in [-0.25, -0.2) is 4.79 Å². The second kappa shape index (κ2) is 9.96. The molecule has 1 fully saturated rings. The summed E-state index contributed by atoms with van der Waals surface area (Å²) in [6, 6.07) is 15.1. The third-order valence-corrected chi connectivity index (χ3v) is 6.05. The Hall–Kier alpha value is -2.57. The van der Waals surface area contributed by atoms with Crippen LogP contribution in [0.15, 0.2) is 48.5 Å². The number of nitrogens with one attached hydrogen (secondary N) is 2. The highest BCUT2D eigenvalue weighted by atomic mass is 35.5. The van der Waals surface area contributed by atoms with E-state index in [2.05, 4.69) is 10.6 Å². The van der Waals surface area contributed by atoms with E-state index in [9.17, 15) is 9.59 Å². The van der Waals surface area contributed by atoms with Gasteiger partial charge in [-0.1, -0.05) is 36.8 Å². The van der Waals surface area contributed by atoms with Crippen LogP contribution in [-0.2, 0) is 17.8 Å². The topological polar surface area (TPSA) is 87.5 Å². The summed E-state index contributed by atoms with van der Waals surface area (Å²) < 4.78 is 0. The minimum Gasteiger partial charge on any atom is -0.338 e. The van der Waals surface area contributed by atoms with E-state index in [1.807, 2.05) is 53.4 Å². The van der Waals surface area contributed by atoms with Crippen molar-refractivity contribution in [3.8, 4) is 0 Å². The number of urea groups is 1. The minimum absolute atomic E-state index is 0. The molecule has 1 saturated carbocycles. The van der Waals surface area contributed by atoms with Gasteiger partial charge >= 0.3 is 6.03 Å². The van der Waals surface area contributed by atoms with Crippen molar-refractivity contribution in [2.75, 3.05) is 17.2 Å². The van der Waals surface area contributed by atoms with Crippen molar-refractivity contribution in [1.82, 2.24) is 4.90 Å². The summed E-state index contributed by atoms with van der Waals surface area (Å²) in [4.78, 5) is 27.1. The third kappa shape index (κ3) is 5.12. The molecule has 4 N–H and O–H groups in total. The van der Waals surface area contributed by atoms with Gasteiger partial charge in [-0.2, -0.15) is 0 Å². The second-order valence-electron chi connectivity index (χ2n) is 8.01. The number of nitrogens with zero attached hydrogens (tertiary/aromatic N) is 1. The molecule has 0 unspecified atom stereocenters. The monoisotopic (exact) mass is 428 g/mol. The van der Waals surface area contributed by atoms with E-state index in [0.29, 0.717) is 25.4 Å². The first kappa shape index (κ1) is 22.1. The van der Waals surface area contributed by atoms with E-state index >= 15 is 0 Å². The smallest absolute Gasteiger partial charge is 0.323 e. The van der Waals surface area contributed by atoms with Crippen molar-refractivity contribution in [3.63, 3.8) is 0 Å². The maximum absolute atomic E-state index is 12.8. The number of hydrogen-bond donors (Lipinski definition) is 3. The lowest BCUT2D eigenvalue weighted by Crippen LogP contribution is -2.38. The summed E-state index contributed by atoms with van der Waals surface area (Å²) in [5.41, 5.74) is 9.90. The van der Waals surface area contributed by atoms with Crippen molar-refractivity contribution in [1.29, 1.82) is 0 Å². The first-order valence-electron chi connectivity index (χ1n) is 10.4. The third-order valence-electron chi connectivity index (χ3n) is 6.05. The van der Waals surface area contributed by atoms with Gasteiger partial charge in [0.25, 0.3) is 0 Å². The minimum atomic E-state index is -0.265. The van der Waals surface area contributed by atoms with Crippen molar-refractivity contribution in [3.05, 3.63) is 59.7 Å². The van der Waals surface area contributed by atoms with Crippen molar-refractivity contribution in [2.24, 2.45) is 11.7 Å². The highest BCUT2D eigenvalue weighted by Crippen LogP contribution is 2.30. The average Bonchev–Trinajstić information content (AvgIpc) is 3.13. The molecular formula is C23H29ClN4O2. The lowest BCUT2D eigenvalue weighted by Gasteiger charge is -2.31. The fourth-order valence-corrected chi connectivity index (χ4v) is 4.42. The van der Waals surface area contributed by atoms with Crippen LogP contribution in [0, 0.1) is 5.92 Å². The summed E-state index contributed by atoms with van der Waals surface area (Å²) >= 11 is 0. The van der Waals surface area contributed by atoms with Gasteiger partial charge in [0.05, 0.1) is 0 Å². The number of amides is 3. The van der Waals surface area contributed by atoms with Crippen LogP contribution in [-0.4, -0.2) is 29.4 Å². The van der Waals surface area contributed by atoms with E-state index in [4.69, 9.17) is 5.73 Å². The molecule has 2 aliphatic rings. The summed E-state index contributed by atoms with van der Waals surface area (Å²) in [6.45, 7) is 1.26. The van der Waals surface area contributed by atoms with Crippen LogP contribution >= 0.6 is 12.4 Å². The van der Waals surface area contributed by atoms with Gasteiger partial charge in [0.2, 0.25) is 5.91 Å². The molecule has 2 aromatic rings. The number of carbonyl (C=O) groups is 2. The Labute approximate surface area is 183 Å². The normalized spacial score (nSPS) is 20.1. The molecule has 6 nitrogen and oxygen atoms in total. The first-order chi connectivity index (χ1) is 14.1. The molecule has 0 spiro atoms. The zero-order valence-corrected chi connectivity index (χ0v) is 17.8. The Kier molecular flexibility index (Phi) is 7.34. The SMILES string of the molecule is Cl.N[C@@H]1CCC[C@H]1CC(=O)N1CCc2c(cccc2NC(=O)Nc2ccccc2)C1. The van der Waals surface area contributed by atoms with Gasteiger partial charge in [-0.3, -0.25) is 4.79 Å². The quantitative estimate of drug-likeness (QED) is 0.683. The van der Waals surface area contributed by atoms with Crippen molar-refractivity contribution < 1.29 is 9.59 Å². The highest BCUT2D eigenvalue weighted by molar-refractivity contribution is 6.00. The number of halogens is 1. The maximum Gasteiger partial charge on any atom is 0.323 e. The molecule has 2 aromatic carbocycles. The van der Waals surface area contributed by atoms with E-state index in [-0.39, 0.29) is 30.4 Å². The summed E-state index contributed by atoms with van der Waals surface area (Å²) in [5, 5.41) is 5.80. The summed E-state index contributed by atoms with van der Waals surface area (Å²) in [6.07, 6.45) is 4.50. The standard InChI is InChI=1S/C23H28N4O2.ClH/c24-20-10-4-6-16(20)14-22(28)27-13-12-19-17(15-27)7-5-11-21(19)26-23(29)25-18-8-2-1-3-9-18;/h1-3,5,7-9,11,16,20H,4,6,10,12-15,24H2,(H2,25,26,29);1H/t16-,20+;/m0./s1. The zero-order valence-electron chi connectivity index (χ0n) is 17.0. The van der Waals surface area contributed by atoms with Crippen molar-refractivity contribution in [2.45, 2.75) is 44.7 Å². The Morgan fingerprint density at radius 1 is 1.03 bits per heavy atom. The zero-order chi connectivity index (χ0) is 20.2. The molecule has 30 heavy (non-hydrogen) atoms. The summed E-state index contributed by atoms with van der Waals surface area (Å²) in [7, 11) is 0. The predicted molar refractivity (Wildman–Crippen MR) is 122 cm³/mol. The fourth-order valence-electron chi connectivity index (χ4n) is 4.42. The van der Waals surface area contributed by atoms with Crippen LogP contribution < -0.4 is 16.4 Å². The van der Waals surface area contributed by atoms with E-state index in [1.54, 1.807) is 0 Å². The van der Waals surface area contributed by atoms with Crippen molar-refractivity contribution >= 4 is 35.7 Å². The molecule has 4 rings (SSSR count). The highest BCUT2D eigenvalue weighted by Gasteiger charge is 2.29. The van der Waals surface area contributed by atoms with Gasteiger partial charge in [0.15, 0.2) is 0 Å². The maximum atomic E-state index is 12.8. The number of fused-ring (bicyclic) bond motifs is 1. The van der Waals surface area contributed by atoms with Gasteiger partial charge in [-0.05, 0) is 54.5 Å². The largest absolute Gasteiger partial charge is 0.338 e. The van der Waals surface area contributed by atoms with Crippen LogP contribution in [0.25, 0.3) is 0 Å². The first-order valence-corrected chi connectivity index (χ1v) is 10.4. The molecular weight excluding hydrogens is 400 g/mol. The van der Waals surface area contributed by atoms with Gasteiger partial charge in [-0.15, -0.1) is 12.4 Å². The molecule has 1 aliphatic carbocycles. The van der Waals surface area contributed by atoms with Gasteiger partial charge in [0.1, 0.15) is 0 Å². The van der Waals surface area contributed by atoms with Crippen LogP contribution in [0.1, 0.15) is 36.8 Å². The number of carbonyl (C=O) groups excluding carboxylic acids is 2. The lowest BCUT2D eigenvalue weighted by atomic mass is 9.95. The van der Waals surface area contributed by atoms with Gasteiger partial charge < -0.3 is 21.3 Å². The number of hydrogen-bond acceptors (Lipinski definition) is 3. The van der Waals surface area contributed by atoms with Crippen LogP contribution in [0.4, 0.5) is 16.2 Å². The Balaban J connectivity index is 0.00000256. The second-order valence-corrected chi connectivity index (χ2v) is 8.01. The molecule has 7 heteroatoms. The Bertz CT molecular complexity index is 890. The Morgan fingerprint density at radius 3 is 2.57 bits per heavy atom. The predicted octanol–water partition coefficient (Wildman–Crippen LogP) is 4.15. The molecule has 1 heterocycles. The average molecular weight is 429 g/mol. The van der Waals surface area contributed by atoms with E-state index in [0.717, 1.165) is 48.2 Å². The van der Waals surface area contributed by atoms with Crippen LogP contribution in [0.5, 0.6) is 0 Å².